The Hall–Kier alpha value is -2.42. The number of aliphatic hydroxyl groups is 1. The molecule has 3 aliphatic rings. The topological polar surface area (TPSA) is 96.4 Å². The van der Waals surface area contributed by atoms with Crippen LogP contribution in [0.3, 0.4) is 0 Å². The standard InChI is InChI=1S/C27H35ClN2O6/c1-5-15-29(19-11-9-17(28)10-12-19)24(33)22-27-14-13-26(7-3,36-27)21(25(34)35-8-4)20(27)23(32)30(22)18(6-2)16-31/h5,9-12,18,20-22,31H,1,6-8,13-16H2,2-4H3/t18-,20-,21+,22?,26-,27?/m0/s1. The number of carbonyl (C=O) groups excluding carboxylic acids is 3. The molecule has 3 heterocycles. The smallest absolute Gasteiger partial charge is 0.312 e. The van der Waals surface area contributed by atoms with Gasteiger partial charge in [0.25, 0.3) is 5.91 Å². The summed E-state index contributed by atoms with van der Waals surface area (Å²) in [5, 5.41) is 10.7. The van der Waals surface area contributed by atoms with E-state index < -0.39 is 41.1 Å². The highest BCUT2D eigenvalue weighted by Crippen LogP contribution is 2.65. The molecule has 2 unspecified atom stereocenters. The number of fused-ring (bicyclic) bond motifs is 1. The molecule has 0 saturated carbocycles. The molecular formula is C27H35ClN2O6. The van der Waals surface area contributed by atoms with Crippen molar-refractivity contribution in [3.05, 3.63) is 41.9 Å². The Morgan fingerprint density at radius 3 is 2.56 bits per heavy atom. The van der Waals surface area contributed by atoms with Gasteiger partial charge >= 0.3 is 5.97 Å². The van der Waals surface area contributed by atoms with Crippen molar-refractivity contribution in [2.24, 2.45) is 11.8 Å². The highest BCUT2D eigenvalue weighted by molar-refractivity contribution is 6.30. The molecule has 0 aliphatic carbocycles. The summed E-state index contributed by atoms with van der Waals surface area (Å²) in [7, 11) is 0. The molecule has 36 heavy (non-hydrogen) atoms. The zero-order valence-corrected chi connectivity index (χ0v) is 21.9. The zero-order valence-electron chi connectivity index (χ0n) is 21.1. The molecule has 1 spiro atoms. The number of hydrogen-bond donors (Lipinski definition) is 1. The molecule has 0 radical (unpaired) electrons. The van der Waals surface area contributed by atoms with E-state index in [1.165, 1.54) is 4.90 Å². The number of anilines is 1. The molecule has 3 fully saturated rings. The number of benzene rings is 1. The van der Waals surface area contributed by atoms with E-state index >= 15 is 0 Å². The minimum atomic E-state index is -1.18. The predicted octanol–water partition coefficient (Wildman–Crippen LogP) is 3.35. The number of rotatable bonds is 10. The first-order chi connectivity index (χ1) is 17.2. The Balaban J connectivity index is 1.85. The van der Waals surface area contributed by atoms with Gasteiger partial charge in [-0.1, -0.05) is 31.5 Å². The Morgan fingerprint density at radius 2 is 2.00 bits per heavy atom. The molecule has 6 atom stereocenters. The molecule has 2 bridgehead atoms. The fourth-order valence-corrected chi connectivity index (χ4v) is 6.68. The number of halogens is 1. The van der Waals surface area contributed by atoms with Crippen LogP contribution in [0.25, 0.3) is 0 Å². The second-order valence-corrected chi connectivity index (χ2v) is 10.2. The van der Waals surface area contributed by atoms with Gasteiger partial charge in [0.05, 0.1) is 30.8 Å². The van der Waals surface area contributed by atoms with E-state index in [1.807, 2.05) is 13.8 Å². The van der Waals surface area contributed by atoms with Crippen LogP contribution in [-0.4, -0.2) is 70.8 Å². The number of aliphatic hydroxyl groups excluding tert-OH is 1. The summed E-state index contributed by atoms with van der Waals surface area (Å²) in [6, 6.07) is 5.28. The van der Waals surface area contributed by atoms with Gasteiger partial charge in [0.15, 0.2) is 0 Å². The fraction of sp³-hybridized carbons (Fsp3) is 0.593. The van der Waals surface area contributed by atoms with Crippen LogP contribution in [0.4, 0.5) is 5.69 Å². The van der Waals surface area contributed by atoms with Crippen molar-refractivity contribution < 1.29 is 29.0 Å². The second kappa shape index (κ2) is 10.1. The predicted molar refractivity (Wildman–Crippen MR) is 135 cm³/mol. The van der Waals surface area contributed by atoms with Gasteiger partial charge in [-0.2, -0.15) is 0 Å². The number of amides is 2. The number of carbonyl (C=O) groups is 3. The third kappa shape index (κ3) is 3.85. The number of ether oxygens (including phenoxy) is 2. The van der Waals surface area contributed by atoms with Gasteiger partial charge in [-0.25, -0.2) is 0 Å². The molecule has 196 valence electrons. The normalized spacial score (nSPS) is 31.3. The molecule has 3 aliphatic heterocycles. The number of hydrogen-bond acceptors (Lipinski definition) is 6. The monoisotopic (exact) mass is 518 g/mol. The van der Waals surface area contributed by atoms with Gasteiger partial charge in [0.2, 0.25) is 5.91 Å². The minimum absolute atomic E-state index is 0.188. The number of esters is 1. The van der Waals surface area contributed by atoms with Crippen LogP contribution in [0.2, 0.25) is 5.02 Å². The quantitative estimate of drug-likeness (QED) is 0.377. The highest BCUT2D eigenvalue weighted by Gasteiger charge is 2.79. The maximum Gasteiger partial charge on any atom is 0.312 e. The lowest BCUT2D eigenvalue weighted by Crippen LogP contribution is -2.59. The van der Waals surface area contributed by atoms with Crippen molar-refractivity contribution in [1.82, 2.24) is 4.90 Å². The van der Waals surface area contributed by atoms with Crippen molar-refractivity contribution in [3.8, 4) is 0 Å². The first-order valence-electron chi connectivity index (χ1n) is 12.7. The number of nitrogens with zero attached hydrogens (tertiary/aromatic N) is 2. The van der Waals surface area contributed by atoms with E-state index in [9.17, 15) is 19.5 Å². The van der Waals surface area contributed by atoms with Crippen LogP contribution in [0.15, 0.2) is 36.9 Å². The molecule has 9 heteroatoms. The van der Waals surface area contributed by atoms with Crippen LogP contribution in [0.5, 0.6) is 0 Å². The van der Waals surface area contributed by atoms with Crippen LogP contribution >= 0.6 is 11.6 Å². The Labute approximate surface area is 217 Å². The summed E-state index contributed by atoms with van der Waals surface area (Å²) in [4.78, 5) is 44.8. The minimum Gasteiger partial charge on any atom is -0.466 e. The zero-order chi connectivity index (χ0) is 26.3. The molecule has 2 amide bonds. The Morgan fingerprint density at radius 1 is 1.31 bits per heavy atom. The molecule has 1 N–H and O–H groups in total. The summed E-state index contributed by atoms with van der Waals surface area (Å²) in [6.45, 7) is 9.42. The lowest BCUT2D eigenvalue weighted by atomic mass is 9.65. The van der Waals surface area contributed by atoms with E-state index in [0.29, 0.717) is 36.4 Å². The van der Waals surface area contributed by atoms with E-state index in [2.05, 4.69) is 6.58 Å². The second-order valence-electron chi connectivity index (χ2n) is 9.79. The molecule has 4 rings (SSSR count). The molecule has 3 saturated heterocycles. The maximum absolute atomic E-state index is 14.4. The van der Waals surface area contributed by atoms with Crippen molar-refractivity contribution in [2.75, 3.05) is 24.7 Å². The lowest BCUT2D eigenvalue weighted by Gasteiger charge is -2.39. The van der Waals surface area contributed by atoms with Crippen molar-refractivity contribution in [1.29, 1.82) is 0 Å². The van der Waals surface area contributed by atoms with Crippen LogP contribution in [0.1, 0.15) is 46.5 Å². The third-order valence-corrected chi connectivity index (χ3v) is 8.44. The first-order valence-corrected chi connectivity index (χ1v) is 13.1. The molecule has 1 aromatic rings. The van der Waals surface area contributed by atoms with Gasteiger partial charge in [0, 0.05) is 17.3 Å². The average molecular weight is 519 g/mol. The largest absolute Gasteiger partial charge is 0.466 e. The third-order valence-electron chi connectivity index (χ3n) is 8.18. The van der Waals surface area contributed by atoms with Crippen LogP contribution < -0.4 is 4.90 Å². The van der Waals surface area contributed by atoms with Gasteiger partial charge in [-0.15, -0.1) is 6.58 Å². The van der Waals surface area contributed by atoms with Gasteiger partial charge in [-0.3, -0.25) is 14.4 Å². The average Bonchev–Trinajstić information content (AvgIpc) is 3.48. The van der Waals surface area contributed by atoms with Crippen molar-refractivity contribution in [3.63, 3.8) is 0 Å². The van der Waals surface area contributed by atoms with E-state index in [1.54, 1.807) is 42.2 Å². The summed E-state index contributed by atoms with van der Waals surface area (Å²) in [5.41, 5.74) is -1.44. The van der Waals surface area contributed by atoms with E-state index in [4.69, 9.17) is 21.1 Å². The van der Waals surface area contributed by atoms with Crippen molar-refractivity contribution in [2.45, 2.75) is 69.7 Å². The number of likely N-dealkylation sites (tertiary alicyclic amines) is 1. The van der Waals surface area contributed by atoms with E-state index in [-0.39, 0.29) is 31.6 Å². The maximum atomic E-state index is 14.4. The molecular weight excluding hydrogens is 484 g/mol. The molecule has 0 aromatic heterocycles. The van der Waals surface area contributed by atoms with Crippen LogP contribution in [0, 0.1) is 11.8 Å². The van der Waals surface area contributed by atoms with Gasteiger partial charge < -0.3 is 24.4 Å². The fourth-order valence-electron chi connectivity index (χ4n) is 6.55. The molecule has 1 aromatic carbocycles. The first kappa shape index (κ1) is 26.6. The summed E-state index contributed by atoms with van der Waals surface area (Å²) >= 11 is 6.08. The molecule has 8 nitrogen and oxygen atoms in total. The summed E-state index contributed by atoms with van der Waals surface area (Å²) in [5.74, 6) is -2.79. The van der Waals surface area contributed by atoms with E-state index in [0.717, 1.165) is 0 Å². The van der Waals surface area contributed by atoms with Crippen LogP contribution in [-0.2, 0) is 23.9 Å². The van der Waals surface area contributed by atoms with Gasteiger partial charge in [0.1, 0.15) is 17.6 Å². The van der Waals surface area contributed by atoms with Crippen molar-refractivity contribution >= 4 is 35.1 Å². The SMILES string of the molecule is C=CCN(C(=O)C1N([C@@H](CC)CO)C(=O)[C@@H]2[C@H](C(=O)OCC)[C@]3(CC)CCC12O3)c1ccc(Cl)cc1. The Bertz CT molecular complexity index is 1030. The lowest BCUT2D eigenvalue weighted by molar-refractivity contribution is -0.161. The van der Waals surface area contributed by atoms with Gasteiger partial charge in [-0.05, 0) is 56.9 Å². The highest BCUT2D eigenvalue weighted by atomic mass is 35.5. The summed E-state index contributed by atoms with van der Waals surface area (Å²) in [6.07, 6.45) is 3.60. The summed E-state index contributed by atoms with van der Waals surface area (Å²) < 4.78 is 12.1. The Kier molecular flexibility index (Phi) is 7.51.